The van der Waals surface area contributed by atoms with Gasteiger partial charge in [0.2, 0.25) is 0 Å². The van der Waals surface area contributed by atoms with Gasteiger partial charge in [0.05, 0.1) is 18.8 Å². The van der Waals surface area contributed by atoms with Crippen LogP contribution in [0.25, 0.3) is 0 Å². The van der Waals surface area contributed by atoms with E-state index in [9.17, 15) is 15.0 Å². The molecule has 0 aromatic heterocycles. The Morgan fingerprint density at radius 1 is 0.962 bits per heavy atom. The van der Waals surface area contributed by atoms with Crippen LogP contribution in [-0.4, -0.2) is 39.7 Å². The zero-order valence-electron chi connectivity index (χ0n) is 16.1. The highest BCUT2D eigenvalue weighted by Gasteiger charge is 2.21. The number of carbonyl (C=O) groups excluding carboxylic acids is 1. The summed E-state index contributed by atoms with van der Waals surface area (Å²) < 4.78 is 0. The van der Waals surface area contributed by atoms with Gasteiger partial charge in [-0.05, 0) is 12.8 Å². The molecule has 0 aliphatic heterocycles. The van der Waals surface area contributed by atoms with Crippen molar-refractivity contribution in [2.75, 3.05) is 6.61 Å². The van der Waals surface area contributed by atoms with Crippen LogP contribution < -0.4 is 5.32 Å². The van der Waals surface area contributed by atoms with E-state index in [4.69, 9.17) is 23.2 Å². The maximum absolute atomic E-state index is 11.4. The zero-order valence-corrected chi connectivity index (χ0v) is 17.6. The number of aliphatic hydroxyl groups is 2. The standard InChI is InChI=1S/C20H37Cl2NO3/c1-2-3-4-5-6-7-8-9-10-11-12-13-14-15-18(25)17(16-24)23-20(26)19(21)22/h14-15,17-19,24-25H,2-13,16H2,1H3,(H,23,26). The molecule has 0 bridgehead atoms. The molecule has 0 rings (SSSR count). The monoisotopic (exact) mass is 409 g/mol. The maximum Gasteiger partial charge on any atom is 0.253 e. The first kappa shape index (κ1) is 25.7. The third-order valence-corrected chi connectivity index (χ3v) is 4.84. The summed E-state index contributed by atoms with van der Waals surface area (Å²) in [6, 6.07) is -0.795. The van der Waals surface area contributed by atoms with Crippen LogP contribution in [0.4, 0.5) is 0 Å². The molecule has 0 aromatic rings. The molecule has 0 heterocycles. The van der Waals surface area contributed by atoms with E-state index in [1.165, 1.54) is 64.2 Å². The number of amides is 1. The summed E-state index contributed by atoms with van der Waals surface area (Å²) in [4.78, 5) is 10.2. The molecule has 154 valence electrons. The lowest BCUT2D eigenvalue weighted by Gasteiger charge is -2.20. The van der Waals surface area contributed by atoms with Gasteiger partial charge in [0.1, 0.15) is 0 Å². The molecule has 0 aromatic carbocycles. The van der Waals surface area contributed by atoms with Crippen LogP contribution in [0.3, 0.4) is 0 Å². The van der Waals surface area contributed by atoms with Crippen LogP contribution in [0.15, 0.2) is 12.2 Å². The van der Waals surface area contributed by atoms with E-state index in [2.05, 4.69) is 12.2 Å². The highest BCUT2D eigenvalue weighted by molar-refractivity contribution is 6.53. The molecule has 0 radical (unpaired) electrons. The van der Waals surface area contributed by atoms with Crippen LogP contribution >= 0.6 is 23.2 Å². The Bertz CT molecular complexity index is 365. The quantitative estimate of drug-likeness (QED) is 0.182. The summed E-state index contributed by atoms with van der Waals surface area (Å²) in [7, 11) is 0. The minimum atomic E-state index is -1.21. The number of unbranched alkanes of at least 4 members (excludes halogenated alkanes) is 11. The Hall–Kier alpha value is -0.290. The molecular formula is C20H37Cl2NO3. The molecule has 0 aliphatic carbocycles. The predicted molar refractivity (Wildman–Crippen MR) is 111 cm³/mol. The second kappa shape index (κ2) is 18.1. The molecule has 6 heteroatoms. The van der Waals surface area contributed by atoms with Gasteiger partial charge in [0.15, 0.2) is 4.84 Å². The average molecular weight is 410 g/mol. The van der Waals surface area contributed by atoms with Gasteiger partial charge in [-0.15, -0.1) is 0 Å². The van der Waals surface area contributed by atoms with E-state index in [0.29, 0.717) is 0 Å². The van der Waals surface area contributed by atoms with Gasteiger partial charge < -0.3 is 15.5 Å². The van der Waals surface area contributed by atoms with Crippen LogP contribution in [-0.2, 0) is 4.79 Å². The largest absolute Gasteiger partial charge is 0.394 e. The molecule has 0 saturated carbocycles. The van der Waals surface area contributed by atoms with Crippen molar-refractivity contribution in [3.63, 3.8) is 0 Å². The molecule has 0 fully saturated rings. The van der Waals surface area contributed by atoms with Crippen LogP contribution in [0.2, 0.25) is 0 Å². The van der Waals surface area contributed by atoms with Crippen molar-refractivity contribution in [1.82, 2.24) is 5.32 Å². The van der Waals surface area contributed by atoms with Gasteiger partial charge in [0, 0.05) is 0 Å². The van der Waals surface area contributed by atoms with Gasteiger partial charge in [-0.3, -0.25) is 4.79 Å². The number of aliphatic hydroxyl groups excluding tert-OH is 2. The maximum atomic E-state index is 11.4. The zero-order chi connectivity index (χ0) is 19.6. The number of hydrogen-bond acceptors (Lipinski definition) is 3. The van der Waals surface area contributed by atoms with Crippen molar-refractivity contribution in [3.05, 3.63) is 12.2 Å². The van der Waals surface area contributed by atoms with Crippen molar-refractivity contribution in [2.24, 2.45) is 0 Å². The first-order valence-electron chi connectivity index (χ1n) is 10.1. The normalized spacial score (nSPS) is 14.1. The lowest BCUT2D eigenvalue weighted by molar-refractivity contribution is -0.121. The third kappa shape index (κ3) is 14.8. The molecule has 4 nitrogen and oxygen atoms in total. The number of halogens is 2. The Morgan fingerprint density at radius 2 is 1.46 bits per heavy atom. The van der Waals surface area contributed by atoms with Crippen molar-refractivity contribution in [1.29, 1.82) is 0 Å². The first-order chi connectivity index (χ1) is 12.5. The van der Waals surface area contributed by atoms with E-state index in [1.54, 1.807) is 6.08 Å². The second-order valence-electron chi connectivity index (χ2n) is 6.84. The molecule has 26 heavy (non-hydrogen) atoms. The van der Waals surface area contributed by atoms with Crippen LogP contribution in [0.5, 0.6) is 0 Å². The lowest BCUT2D eigenvalue weighted by atomic mass is 10.0. The van der Waals surface area contributed by atoms with E-state index in [1.807, 2.05) is 6.08 Å². The van der Waals surface area contributed by atoms with Crippen molar-refractivity contribution in [3.8, 4) is 0 Å². The topological polar surface area (TPSA) is 69.6 Å². The minimum Gasteiger partial charge on any atom is -0.394 e. The number of alkyl halides is 2. The van der Waals surface area contributed by atoms with Gasteiger partial charge in [0.25, 0.3) is 5.91 Å². The Balaban J connectivity index is 3.62. The number of allylic oxidation sites excluding steroid dienone is 1. The number of hydrogen-bond donors (Lipinski definition) is 3. The Labute approximate surface area is 169 Å². The van der Waals surface area contributed by atoms with E-state index >= 15 is 0 Å². The fourth-order valence-corrected chi connectivity index (χ4v) is 2.91. The summed E-state index contributed by atoms with van der Waals surface area (Å²) in [5.41, 5.74) is 0. The van der Waals surface area contributed by atoms with Crippen molar-refractivity contribution >= 4 is 29.1 Å². The number of nitrogens with one attached hydrogen (secondary N) is 1. The van der Waals surface area contributed by atoms with Gasteiger partial charge in [-0.1, -0.05) is 106 Å². The Kier molecular flexibility index (Phi) is 17.9. The lowest BCUT2D eigenvalue weighted by Crippen LogP contribution is -2.46. The molecule has 0 spiro atoms. The highest BCUT2D eigenvalue weighted by atomic mass is 35.5. The van der Waals surface area contributed by atoms with E-state index < -0.39 is 22.9 Å². The van der Waals surface area contributed by atoms with E-state index in [-0.39, 0.29) is 6.61 Å². The highest BCUT2D eigenvalue weighted by Crippen LogP contribution is 2.12. The fourth-order valence-electron chi connectivity index (χ4n) is 2.78. The third-order valence-electron chi connectivity index (χ3n) is 4.44. The molecular weight excluding hydrogens is 373 g/mol. The summed E-state index contributed by atoms with van der Waals surface area (Å²) in [5.74, 6) is -0.620. The van der Waals surface area contributed by atoms with Crippen LogP contribution in [0, 0.1) is 0 Å². The molecule has 1 amide bonds. The predicted octanol–water partition coefficient (Wildman–Crippen LogP) is 4.89. The van der Waals surface area contributed by atoms with Gasteiger partial charge in [-0.25, -0.2) is 0 Å². The Morgan fingerprint density at radius 3 is 1.92 bits per heavy atom. The molecule has 0 aliphatic rings. The SMILES string of the molecule is CCCCCCCCCCCCCC=CC(O)C(CO)NC(=O)C(Cl)Cl. The minimum absolute atomic E-state index is 0.379. The summed E-state index contributed by atoms with van der Waals surface area (Å²) >= 11 is 10.9. The van der Waals surface area contributed by atoms with E-state index in [0.717, 1.165) is 12.8 Å². The first-order valence-corrected chi connectivity index (χ1v) is 10.9. The number of rotatable bonds is 17. The molecule has 0 saturated heterocycles. The van der Waals surface area contributed by atoms with Crippen LogP contribution in [0.1, 0.15) is 84.0 Å². The summed E-state index contributed by atoms with van der Waals surface area (Å²) in [6.45, 7) is 1.87. The molecule has 2 atom stereocenters. The number of carbonyl (C=O) groups is 1. The van der Waals surface area contributed by atoms with Crippen molar-refractivity contribution < 1.29 is 15.0 Å². The van der Waals surface area contributed by atoms with Gasteiger partial charge >= 0.3 is 0 Å². The smallest absolute Gasteiger partial charge is 0.253 e. The van der Waals surface area contributed by atoms with Gasteiger partial charge in [-0.2, -0.15) is 0 Å². The second-order valence-corrected chi connectivity index (χ2v) is 7.94. The summed E-state index contributed by atoms with van der Waals surface area (Å²) in [6.07, 6.45) is 17.8. The van der Waals surface area contributed by atoms with Crippen molar-refractivity contribution in [2.45, 2.75) is 101 Å². The fraction of sp³-hybridized carbons (Fsp3) is 0.850. The summed E-state index contributed by atoms with van der Waals surface area (Å²) in [5, 5.41) is 21.6. The molecule has 2 unspecified atom stereocenters. The average Bonchev–Trinajstić information content (AvgIpc) is 2.62. The molecule has 3 N–H and O–H groups in total.